The van der Waals surface area contributed by atoms with Crippen molar-refractivity contribution in [2.45, 2.75) is 38.4 Å². The Morgan fingerprint density at radius 2 is 2.32 bits per heavy atom. The molecule has 19 heavy (non-hydrogen) atoms. The van der Waals surface area contributed by atoms with Gasteiger partial charge in [-0.3, -0.25) is 0 Å². The molecule has 4 nitrogen and oxygen atoms in total. The van der Waals surface area contributed by atoms with E-state index in [1.54, 1.807) is 12.1 Å². The number of hydrogen-bond donors (Lipinski definition) is 1. The molecule has 0 spiro atoms. The van der Waals surface area contributed by atoms with E-state index in [4.69, 9.17) is 26.2 Å². The van der Waals surface area contributed by atoms with Gasteiger partial charge in [0.25, 0.3) is 0 Å². The average molecular weight is 285 g/mol. The maximum atomic E-state index is 11.1. The second-order valence-corrected chi connectivity index (χ2v) is 5.73. The van der Waals surface area contributed by atoms with Gasteiger partial charge in [0.2, 0.25) is 0 Å². The molecule has 1 unspecified atom stereocenters. The van der Waals surface area contributed by atoms with Crippen LogP contribution in [0.1, 0.15) is 37.0 Å². The number of aromatic carboxylic acids is 1. The molecule has 2 rings (SSSR count). The SMILES string of the molecule is CC1(C)CCC(COc2ccc(Cl)cc2C(=O)O)O1. The van der Waals surface area contributed by atoms with E-state index in [9.17, 15) is 4.79 Å². The Kier molecular flexibility index (Phi) is 4.02. The van der Waals surface area contributed by atoms with Crippen LogP contribution < -0.4 is 4.74 Å². The Morgan fingerprint density at radius 3 is 2.89 bits per heavy atom. The lowest BCUT2D eigenvalue weighted by atomic mass is 10.1. The summed E-state index contributed by atoms with van der Waals surface area (Å²) in [6.45, 7) is 4.43. The first-order valence-electron chi connectivity index (χ1n) is 6.21. The summed E-state index contributed by atoms with van der Waals surface area (Å²) in [4.78, 5) is 11.1. The second-order valence-electron chi connectivity index (χ2n) is 5.29. The van der Waals surface area contributed by atoms with E-state index in [1.807, 2.05) is 13.8 Å². The lowest BCUT2D eigenvalue weighted by molar-refractivity contribution is -0.0328. The van der Waals surface area contributed by atoms with Crippen molar-refractivity contribution in [1.82, 2.24) is 0 Å². The first-order chi connectivity index (χ1) is 8.87. The van der Waals surface area contributed by atoms with Crippen LogP contribution in [0.25, 0.3) is 0 Å². The van der Waals surface area contributed by atoms with Gasteiger partial charge in [-0.2, -0.15) is 0 Å². The summed E-state index contributed by atoms with van der Waals surface area (Å²) in [5.41, 5.74) is -0.0475. The Hall–Kier alpha value is -1.26. The summed E-state index contributed by atoms with van der Waals surface area (Å²) in [6.07, 6.45) is 1.91. The number of benzene rings is 1. The van der Waals surface area contributed by atoms with Crippen LogP contribution in [0, 0.1) is 0 Å². The molecular formula is C14H17ClO4. The monoisotopic (exact) mass is 284 g/mol. The van der Waals surface area contributed by atoms with Crippen molar-refractivity contribution in [1.29, 1.82) is 0 Å². The fourth-order valence-electron chi connectivity index (χ4n) is 2.17. The van der Waals surface area contributed by atoms with Crippen molar-refractivity contribution in [2.75, 3.05) is 6.61 Å². The van der Waals surface area contributed by atoms with Crippen LogP contribution >= 0.6 is 11.6 Å². The largest absolute Gasteiger partial charge is 0.490 e. The second kappa shape index (κ2) is 5.39. The molecule has 1 fully saturated rings. The lowest BCUT2D eigenvalue weighted by Gasteiger charge is -2.19. The number of carboxylic acid groups (broad SMARTS) is 1. The van der Waals surface area contributed by atoms with Crippen molar-refractivity contribution in [3.63, 3.8) is 0 Å². The van der Waals surface area contributed by atoms with E-state index in [1.165, 1.54) is 6.07 Å². The van der Waals surface area contributed by atoms with Crippen molar-refractivity contribution in [3.8, 4) is 5.75 Å². The van der Waals surface area contributed by atoms with Crippen LogP contribution in [0.15, 0.2) is 18.2 Å². The van der Waals surface area contributed by atoms with E-state index in [0.717, 1.165) is 12.8 Å². The highest BCUT2D eigenvalue weighted by atomic mass is 35.5. The highest BCUT2D eigenvalue weighted by Crippen LogP contribution is 2.30. The molecule has 1 aliphatic rings. The van der Waals surface area contributed by atoms with Crippen molar-refractivity contribution in [2.24, 2.45) is 0 Å². The molecule has 1 aromatic carbocycles. The maximum Gasteiger partial charge on any atom is 0.339 e. The zero-order valence-electron chi connectivity index (χ0n) is 11.0. The fourth-order valence-corrected chi connectivity index (χ4v) is 2.35. The van der Waals surface area contributed by atoms with Crippen LogP contribution in [0.3, 0.4) is 0 Å². The summed E-state index contributed by atoms with van der Waals surface area (Å²) >= 11 is 5.78. The molecule has 0 bridgehead atoms. The molecule has 1 atom stereocenters. The quantitative estimate of drug-likeness (QED) is 0.921. The summed E-state index contributed by atoms with van der Waals surface area (Å²) in [7, 11) is 0. The van der Waals surface area contributed by atoms with Crippen LogP contribution in [-0.4, -0.2) is 29.4 Å². The minimum Gasteiger partial charge on any atom is -0.490 e. The minimum absolute atomic E-state index is 0.00678. The number of ether oxygens (including phenoxy) is 2. The predicted octanol–water partition coefficient (Wildman–Crippen LogP) is 3.37. The first kappa shape index (κ1) is 14.2. The van der Waals surface area contributed by atoms with Gasteiger partial charge in [-0.15, -0.1) is 0 Å². The Bertz CT molecular complexity index is 484. The molecule has 0 radical (unpaired) electrons. The molecule has 1 saturated heterocycles. The van der Waals surface area contributed by atoms with Crippen molar-refractivity contribution >= 4 is 17.6 Å². The number of carbonyl (C=O) groups is 1. The summed E-state index contributed by atoms with van der Waals surface area (Å²) in [5, 5.41) is 9.47. The molecule has 0 aliphatic carbocycles. The van der Waals surface area contributed by atoms with Gasteiger partial charge in [0.05, 0.1) is 11.7 Å². The van der Waals surface area contributed by atoms with E-state index in [2.05, 4.69) is 0 Å². The number of rotatable bonds is 4. The molecule has 1 aliphatic heterocycles. The molecular weight excluding hydrogens is 268 g/mol. The van der Waals surface area contributed by atoms with Gasteiger partial charge in [-0.05, 0) is 44.9 Å². The Balaban J connectivity index is 2.02. The molecule has 0 saturated carbocycles. The van der Waals surface area contributed by atoms with Gasteiger partial charge in [0, 0.05) is 5.02 Å². The third kappa shape index (κ3) is 3.61. The highest BCUT2D eigenvalue weighted by molar-refractivity contribution is 6.31. The van der Waals surface area contributed by atoms with Crippen LogP contribution in [0.5, 0.6) is 5.75 Å². The van der Waals surface area contributed by atoms with Crippen LogP contribution in [-0.2, 0) is 4.74 Å². The van der Waals surface area contributed by atoms with E-state index >= 15 is 0 Å². The zero-order valence-corrected chi connectivity index (χ0v) is 11.7. The van der Waals surface area contributed by atoms with Gasteiger partial charge in [0.15, 0.2) is 0 Å². The number of carboxylic acids is 1. The molecule has 1 N–H and O–H groups in total. The number of halogens is 1. The standard InChI is InChI=1S/C14H17ClO4/c1-14(2)6-5-10(19-14)8-18-12-4-3-9(15)7-11(12)13(16)17/h3-4,7,10H,5-6,8H2,1-2H3,(H,16,17). The van der Waals surface area contributed by atoms with Crippen molar-refractivity contribution in [3.05, 3.63) is 28.8 Å². The van der Waals surface area contributed by atoms with E-state index in [-0.39, 0.29) is 17.3 Å². The van der Waals surface area contributed by atoms with E-state index in [0.29, 0.717) is 17.4 Å². The molecule has 0 aromatic heterocycles. The summed E-state index contributed by atoms with van der Waals surface area (Å²) in [5.74, 6) is -0.727. The molecule has 1 heterocycles. The van der Waals surface area contributed by atoms with Gasteiger partial charge in [-0.25, -0.2) is 4.79 Å². The van der Waals surface area contributed by atoms with Gasteiger partial charge in [0.1, 0.15) is 17.9 Å². The smallest absolute Gasteiger partial charge is 0.339 e. The average Bonchev–Trinajstić information content (AvgIpc) is 2.67. The molecule has 104 valence electrons. The third-order valence-corrected chi connectivity index (χ3v) is 3.39. The highest BCUT2D eigenvalue weighted by Gasteiger charge is 2.32. The topological polar surface area (TPSA) is 55.8 Å². The maximum absolute atomic E-state index is 11.1. The normalized spacial score (nSPS) is 21.3. The summed E-state index contributed by atoms with van der Waals surface area (Å²) < 4.78 is 11.4. The predicted molar refractivity (Wildman–Crippen MR) is 72.1 cm³/mol. The van der Waals surface area contributed by atoms with Crippen LogP contribution in [0.2, 0.25) is 5.02 Å². The molecule has 0 amide bonds. The zero-order chi connectivity index (χ0) is 14.0. The molecule has 1 aromatic rings. The number of hydrogen-bond acceptors (Lipinski definition) is 3. The Morgan fingerprint density at radius 1 is 1.58 bits per heavy atom. The summed E-state index contributed by atoms with van der Waals surface area (Å²) in [6, 6.07) is 4.58. The van der Waals surface area contributed by atoms with Crippen molar-refractivity contribution < 1.29 is 19.4 Å². The fraction of sp³-hybridized carbons (Fsp3) is 0.500. The van der Waals surface area contributed by atoms with Gasteiger partial charge in [-0.1, -0.05) is 11.6 Å². The van der Waals surface area contributed by atoms with Crippen LogP contribution in [0.4, 0.5) is 0 Å². The van der Waals surface area contributed by atoms with Gasteiger partial charge < -0.3 is 14.6 Å². The lowest BCUT2D eigenvalue weighted by Crippen LogP contribution is -2.24. The third-order valence-electron chi connectivity index (χ3n) is 3.15. The Labute approximate surface area is 117 Å². The first-order valence-corrected chi connectivity index (χ1v) is 6.59. The van der Waals surface area contributed by atoms with E-state index < -0.39 is 5.97 Å². The minimum atomic E-state index is -1.05. The molecule has 5 heteroatoms. The van der Waals surface area contributed by atoms with Gasteiger partial charge >= 0.3 is 5.97 Å².